The first kappa shape index (κ1) is 36.0. The van der Waals surface area contributed by atoms with Gasteiger partial charge >= 0.3 is 0 Å². The minimum atomic E-state index is -1.38. The number of carbonyl (C=O) groups is 4. The van der Waals surface area contributed by atoms with Crippen LogP contribution in [0.5, 0.6) is 5.75 Å². The third kappa shape index (κ3) is 10.1. The minimum Gasteiger partial charge on any atom is -0.492 e. The fourth-order valence-electron chi connectivity index (χ4n) is 4.95. The Morgan fingerprint density at radius 2 is 1.90 bits per heavy atom. The normalized spacial score (nSPS) is 19.5. The second-order valence-electron chi connectivity index (χ2n) is 11.8. The number of hydrogen-bond donors (Lipinski definition) is 5. The maximum absolute atomic E-state index is 13.4. The predicted molar refractivity (Wildman–Crippen MR) is 173 cm³/mol. The Hall–Kier alpha value is -4.83. The first-order chi connectivity index (χ1) is 22.9. The zero-order valence-electron chi connectivity index (χ0n) is 26.9. The van der Waals surface area contributed by atoms with Crippen molar-refractivity contribution in [3.05, 3.63) is 69.1 Å². The summed E-state index contributed by atoms with van der Waals surface area (Å²) in [6.45, 7) is 6.19. The molecule has 4 bridgehead atoms. The van der Waals surface area contributed by atoms with Gasteiger partial charge in [0.25, 0.3) is 17.4 Å². The minimum absolute atomic E-state index is 0.00633. The molecule has 0 aliphatic carbocycles. The molecule has 2 aromatic heterocycles. The van der Waals surface area contributed by atoms with Gasteiger partial charge in [0.1, 0.15) is 23.5 Å². The Kier molecular flexibility index (Phi) is 12.6. The van der Waals surface area contributed by atoms with Gasteiger partial charge in [-0.15, -0.1) is 5.10 Å². The third-order valence-electron chi connectivity index (χ3n) is 7.46. The lowest BCUT2D eigenvalue weighted by Gasteiger charge is -2.26. The van der Waals surface area contributed by atoms with Gasteiger partial charge in [-0.3, -0.25) is 28.7 Å². The van der Waals surface area contributed by atoms with Crippen molar-refractivity contribution in [3.63, 3.8) is 0 Å². The summed E-state index contributed by atoms with van der Waals surface area (Å²) in [4.78, 5) is 72.5. The van der Waals surface area contributed by atoms with Crippen molar-refractivity contribution in [1.82, 2.24) is 45.8 Å². The maximum Gasteiger partial charge on any atom is 0.274 e. The molecular formula is C31H40ClN9O7. The number of fused-ring (bicyclic) bond motifs is 17. The van der Waals surface area contributed by atoms with Crippen LogP contribution in [-0.2, 0) is 22.6 Å². The molecule has 0 unspecified atom stereocenters. The number of aliphatic hydroxyl groups excluding tert-OH is 1. The maximum atomic E-state index is 13.4. The number of nitrogens with one attached hydrogen (secondary N) is 4. The van der Waals surface area contributed by atoms with Gasteiger partial charge in [0, 0.05) is 57.0 Å². The molecule has 3 aromatic rings. The molecule has 0 spiro atoms. The molecule has 17 heteroatoms. The lowest BCUT2D eigenvalue weighted by molar-refractivity contribution is -0.131. The Morgan fingerprint density at radius 1 is 1.10 bits per heavy atom. The van der Waals surface area contributed by atoms with E-state index in [1.54, 1.807) is 16.9 Å². The summed E-state index contributed by atoms with van der Waals surface area (Å²) < 4.78 is 7.45. The lowest BCUT2D eigenvalue weighted by atomic mass is 10.0. The van der Waals surface area contributed by atoms with Crippen LogP contribution in [0.3, 0.4) is 0 Å². The number of amides is 4. The van der Waals surface area contributed by atoms with Crippen LogP contribution in [0, 0.1) is 5.92 Å². The third-order valence-corrected chi connectivity index (χ3v) is 7.75. The number of ether oxygens (including phenoxy) is 1. The van der Waals surface area contributed by atoms with Gasteiger partial charge in [0.15, 0.2) is 0 Å². The topological polar surface area (TPSA) is 214 Å². The molecule has 16 nitrogen and oxygen atoms in total. The Balaban J connectivity index is 1.58. The fraction of sp³-hybridized carbons (Fsp3) is 0.484. The van der Waals surface area contributed by atoms with Gasteiger partial charge in [0.05, 0.1) is 29.6 Å². The Labute approximate surface area is 281 Å². The van der Waals surface area contributed by atoms with E-state index < -0.39 is 47.4 Å². The molecule has 5 rings (SSSR count). The molecule has 4 amide bonds. The van der Waals surface area contributed by atoms with Crippen LogP contribution in [0.2, 0.25) is 5.02 Å². The van der Waals surface area contributed by atoms with Crippen molar-refractivity contribution in [2.45, 2.75) is 64.8 Å². The first-order valence-electron chi connectivity index (χ1n) is 15.6. The van der Waals surface area contributed by atoms with E-state index in [2.05, 4.69) is 36.2 Å². The molecule has 0 radical (unpaired) electrons. The van der Waals surface area contributed by atoms with E-state index in [0.717, 1.165) is 6.20 Å². The van der Waals surface area contributed by atoms with Crippen LogP contribution in [0.4, 0.5) is 0 Å². The van der Waals surface area contributed by atoms with E-state index in [4.69, 9.17) is 16.3 Å². The smallest absolute Gasteiger partial charge is 0.274 e. The average Bonchev–Trinajstić information content (AvgIpc) is 3.50. The van der Waals surface area contributed by atoms with Gasteiger partial charge in [-0.1, -0.05) is 30.7 Å². The summed E-state index contributed by atoms with van der Waals surface area (Å²) in [7, 11) is 0. The van der Waals surface area contributed by atoms with Crippen molar-refractivity contribution in [2.75, 3.05) is 26.2 Å². The van der Waals surface area contributed by atoms with Gasteiger partial charge < -0.3 is 35.7 Å². The standard InChI is InChI=1S/C31H40ClN9O7/c1-18(2)13-23-29(45)33-8-11-40(31(47)24-15-35-26(43)16-34-24)10-7-21-17-41(39-38-21)9-4-12-48-25-6-5-20(14-22(25)32)28(44)37-27(19(3)42)30(46)36-23/h5-6,14-19,23,27,42H,4,7-13H2,1-3H3,(H,33,45)(H,35,43)(H,36,46)(H,37,44)/t19-,23-,27+/m1/s1. The summed E-state index contributed by atoms with van der Waals surface area (Å²) in [5.74, 6) is -2.05. The number of aliphatic hydroxyl groups is 1. The average molecular weight is 686 g/mol. The predicted octanol–water partition coefficient (Wildman–Crippen LogP) is 0.309. The number of hydrogen-bond acceptors (Lipinski definition) is 10. The molecule has 2 aliphatic heterocycles. The van der Waals surface area contributed by atoms with Crippen LogP contribution in [0.15, 0.2) is 41.6 Å². The molecule has 5 N–H and O–H groups in total. The highest BCUT2D eigenvalue weighted by molar-refractivity contribution is 6.32. The largest absolute Gasteiger partial charge is 0.492 e. The van der Waals surface area contributed by atoms with E-state index in [1.165, 1.54) is 30.2 Å². The van der Waals surface area contributed by atoms with E-state index in [-0.39, 0.29) is 48.3 Å². The van der Waals surface area contributed by atoms with Crippen LogP contribution < -0.4 is 26.2 Å². The van der Waals surface area contributed by atoms with Crippen LogP contribution in [-0.4, -0.2) is 103 Å². The zero-order chi connectivity index (χ0) is 34.8. The quantitative estimate of drug-likeness (QED) is 0.237. The van der Waals surface area contributed by atoms with Gasteiger partial charge in [0.2, 0.25) is 11.8 Å². The van der Waals surface area contributed by atoms with Crippen molar-refractivity contribution in [2.24, 2.45) is 5.92 Å². The number of carbonyl (C=O) groups excluding carboxylic acids is 4. The first-order valence-corrected chi connectivity index (χ1v) is 16.0. The highest BCUT2D eigenvalue weighted by atomic mass is 35.5. The second kappa shape index (κ2) is 16.8. The van der Waals surface area contributed by atoms with Crippen LogP contribution in [0.1, 0.15) is 60.2 Å². The highest BCUT2D eigenvalue weighted by Crippen LogP contribution is 2.26. The number of aryl methyl sites for hydroxylation is 1. The van der Waals surface area contributed by atoms with E-state index in [1.807, 2.05) is 13.8 Å². The summed E-state index contributed by atoms with van der Waals surface area (Å²) in [6.07, 6.45) is 3.87. The Bertz CT molecular complexity index is 1640. The monoisotopic (exact) mass is 685 g/mol. The molecule has 2 aliphatic rings. The van der Waals surface area contributed by atoms with E-state index >= 15 is 0 Å². The number of benzene rings is 1. The Morgan fingerprint density at radius 3 is 2.58 bits per heavy atom. The number of nitrogens with zero attached hydrogens (tertiary/aromatic N) is 5. The molecule has 3 atom stereocenters. The van der Waals surface area contributed by atoms with Gasteiger partial charge in [-0.25, -0.2) is 4.98 Å². The van der Waals surface area contributed by atoms with Gasteiger partial charge in [-0.05, 0) is 37.5 Å². The summed E-state index contributed by atoms with van der Waals surface area (Å²) >= 11 is 6.38. The molecule has 1 aromatic carbocycles. The van der Waals surface area contributed by atoms with E-state index in [0.29, 0.717) is 37.4 Å². The number of aromatic amines is 1. The highest BCUT2D eigenvalue weighted by Gasteiger charge is 2.31. The van der Waals surface area contributed by atoms with Gasteiger partial charge in [-0.2, -0.15) is 0 Å². The second-order valence-corrected chi connectivity index (χ2v) is 12.2. The fourth-order valence-corrected chi connectivity index (χ4v) is 5.18. The molecular weight excluding hydrogens is 646 g/mol. The summed E-state index contributed by atoms with van der Waals surface area (Å²) in [5.41, 5.74) is 0.332. The SMILES string of the molecule is CC(C)C[C@H]1NC(=O)[C@H]([C@@H](C)O)NC(=O)c2ccc(c(Cl)c2)OCCCn2cc(nn2)CCN(C(=O)c2c[nH]c(=O)cn2)CCNC1=O. The van der Waals surface area contributed by atoms with E-state index in [9.17, 15) is 29.1 Å². The number of rotatable bonds is 4. The van der Waals surface area contributed by atoms with Crippen molar-refractivity contribution >= 4 is 35.2 Å². The number of halogens is 1. The lowest BCUT2D eigenvalue weighted by Crippen LogP contribution is -2.57. The summed E-state index contributed by atoms with van der Waals surface area (Å²) in [5, 5.41) is 26.9. The van der Waals surface area contributed by atoms with Crippen molar-refractivity contribution in [3.8, 4) is 5.75 Å². The van der Waals surface area contributed by atoms with Crippen LogP contribution >= 0.6 is 11.6 Å². The zero-order valence-corrected chi connectivity index (χ0v) is 27.7. The molecule has 48 heavy (non-hydrogen) atoms. The molecule has 4 heterocycles. The molecule has 0 fully saturated rings. The van der Waals surface area contributed by atoms with Crippen molar-refractivity contribution in [1.29, 1.82) is 0 Å². The molecule has 0 saturated carbocycles. The summed E-state index contributed by atoms with van der Waals surface area (Å²) in [6, 6.07) is 2.05. The molecule has 258 valence electrons. The number of H-pyrrole nitrogens is 1. The number of aromatic nitrogens is 5. The molecule has 0 saturated heterocycles. The van der Waals surface area contributed by atoms with Crippen molar-refractivity contribution < 1.29 is 29.0 Å². The van der Waals surface area contributed by atoms with Crippen LogP contribution in [0.25, 0.3) is 0 Å².